The molecule has 5 heteroatoms. The average molecular weight is 308 g/mol. The van der Waals surface area contributed by atoms with Crippen LogP contribution in [0.1, 0.15) is 36.3 Å². The number of rotatable bonds is 6. The van der Waals surface area contributed by atoms with Gasteiger partial charge in [0.1, 0.15) is 0 Å². The topological polar surface area (TPSA) is 70.7 Å². The molecule has 5 nitrogen and oxygen atoms in total. The largest absolute Gasteiger partial charge is 0.309 e. The van der Waals surface area contributed by atoms with Gasteiger partial charge >= 0.3 is 0 Å². The highest BCUT2D eigenvalue weighted by Gasteiger charge is 2.44. The Bertz CT molecular complexity index is 743. The number of anilines is 1. The predicted molar refractivity (Wildman–Crippen MR) is 87.7 cm³/mol. The van der Waals surface area contributed by atoms with E-state index in [-0.39, 0.29) is 11.8 Å². The van der Waals surface area contributed by atoms with Gasteiger partial charge in [-0.25, -0.2) is 0 Å². The van der Waals surface area contributed by atoms with Crippen LogP contribution in [0.25, 0.3) is 0 Å². The van der Waals surface area contributed by atoms with Gasteiger partial charge in [-0.1, -0.05) is 29.8 Å². The van der Waals surface area contributed by atoms with E-state index in [1.165, 1.54) is 11.1 Å². The van der Waals surface area contributed by atoms with Gasteiger partial charge in [-0.15, -0.1) is 0 Å². The molecule has 0 spiro atoms. The van der Waals surface area contributed by atoms with Crippen molar-refractivity contribution in [1.82, 2.24) is 9.78 Å². The molecule has 118 valence electrons. The molecule has 23 heavy (non-hydrogen) atoms. The maximum absolute atomic E-state index is 12.3. The first kappa shape index (κ1) is 15.3. The number of carbonyl (C=O) groups excluding carboxylic acids is 1. The predicted octanol–water partition coefficient (Wildman–Crippen LogP) is 3.24. The summed E-state index contributed by atoms with van der Waals surface area (Å²) in [5.74, 6) is 0.994. The van der Waals surface area contributed by atoms with Crippen LogP contribution in [0.4, 0.5) is 5.82 Å². The molecule has 0 unspecified atom stereocenters. The number of aromatic nitrogens is 2. The molecule has 0 radical (unpaired) electrons. The minimum absolute atomic E-state index is 0.0405. The second-order valence-corrected chi connectivity index (χ2v) is 6.08. The van der Waals surface area contributed by atoms with Crippen molar-refractivity contribution in [3.8, 4) is 6.07 Å². The van der Waals surface area contributed by atoms with Gasteiger partial charge in [0, 0.05) is 31.1 Å². The maximum Gasteiger partial charge on any atom is 0.229 e. The lowest BCUT2D eigenvalue weighted by atomic mass is 10.1. The summed E-state index contributed by atoms with van der Waals surface area (Å²) in [6.45, 7) is 2.76. The number of unbranched alkanes of at least 4 members (excludes halogenated alkanes) is 1. The summed E-state index contributed by atoms with van der Waals surface area (Å²) in [7, 11) is 0. The summed E-state index contributed by atoms with van der Waals surface area (Å²) in [5, 5.41) is 15.7. The van der Waals surface area contributed by atoms with Crippen LogP contribution in [0, 0.1) is 24.2 Å². The third-order valence-electron chi connectivity index (χ3n) is 4.17. The number of amides is 1. The zero-order valence-corrected chi connectivity index (χ0v) is 13.2. The maximum atomic E-state index is 12.3. The van der Waals surface area contributed by atoms with Crippen molar-refractivity contribution in [2.75, 3.05) is 5.32 Å². The van der Waals surface area contributed by atoms with Crippen LogP contribution >= 0.6 is 0 Å². The molecular weight excluding hydrogens is 288 g/mol. The van der Waals surface area contributed by atoms with Crippen molar-refractivity contribution in [2.45, 2.75) is 38.6 Å². The number of nitriles is 1. The first-order chi connectivity index (χ1) is 11.2. The van der Waals surface area contributed by atoms with E-state index in [2.05, 4.69) is 41.6 Å². The smallest absolute Gasteiger partial charge is 0.229 e. The van der Waals surface area contributed by atoms with E-state index in [0.29, 0.717) is 24.7 Å². The minimum Gasteiger partial charge on any atom is -0.309 e. The van der Waals surface area contributed by atoms with E-state index in [1.54, 1.807) is 10.7 Å². The molecule has 1 aromatic heterocycles. The van der Waals surface area contributed by atoms with Crippen molar-refractivity contribution in [1.29, 1.82) is 5.26 Å². The lowest BCUT2D eigenvalue weighted by Gasteiger charge is -2.03. The number of hydrogen-bond acceptors (Lipinski definition) is 3. The van der Waals surface area contributed by atoms with Crippen molar-refractivity contribution in [2.24, 2.45) is 5.92 Å². The van der Waals surface area contributed by atoms with Crippen LogP contribution in [-0.4, -0.2) is 15.7 Å². The molecule has 0 saturated heterocycles. The summed E-state index contributed by atoms with van der Waals surface area (Å²) in [4.78, 5) is 12.3. The van der Waals surface area contributed by atoms with Crippen LogP contribution in [0.15, 0.2) is 36.5 Å². The van der Waals surface area contributed by atoms with Crippen molar-refractivity contribution < 1.29 is 4.79 Å². The normalized spacial score (nSPS) is 19.1. The number of benzene rings is 1. The number of nitrogens with zero attached hydrogens (tertiary/aromatic N) is 3. The van der Waals surface area contributed by atoms with Crippen LogP contribution in [0.3, 0.4) is 0 Å². The molecule has 0 aliphatic heterocycles. The Morgan fingerprint density at radius 1 is 1.48 bits per heavy atom. The number of carbonyl (C=O) groups is 1. The number of aryl methyl sites for hydroxylation is 2. The van der Waals surface area contributed by atoms with Crippen molar-refractivity contribution >= 4 is 11.7 Å². The Hall–Kier alpha value is -2.61. The van der Waals surface area contributed by atoms with Crippen molar-refractivity contribution in [3.05, 3.63) is 47.7 Å². The summed E-state index contributed by atoms with van der Waals surface area (Å²) in [5.41, 5.74) is 2.47. The monoisotopic (exact) mass is 308 g/mol. The second kappa shape index (κ2) is 6.66. The van der Waals surface area contributed by atoms with E-state index in [1.807, 2.05) is 12.3 Å². The van der Waals surface area contributed by atoms with E-state index in [0.717, 1.165) is 12.8 Å². The zero-order valence-electron chi connectivity index (χ0n) is 13.2. The lowest BCUT2D eigenvalue weighted by molar-refractivity contribution is -0.117. The molecule has 1 N–H and O–H groups in total. The van der Waals surface area contributed by atoms with Gasteiger partial charge in [0.15, 0.2) is 5.82 Å². The van der Waals surface area contributed by atoms with E-state index in [4.69, 9.17) is 5.26 Å². The summed E-state index contributed by atoms with van der Waals surface area (Å²) >= 11 is 0. The molecule has 0 bridgehead atoms. The third kappa shape index (κ3) is 3.78. The second-order valence-electron chi connectivity index (χ2n) is 6.08. The fraction of sp³-hybridized carbons (Fsp3) is 0.389. The van der Waals surface area contributed by atoms with E-state index >= 15 is 0 Å². The van der Waals surface area contributed by atoms with Crippen LogP contribution in [0.5, 0.6) is 0 Å². The first-order valence-corrected chi connectivity index (χ1v) is 7.95. The standard InChI is InChI=1S/C18H20N4O/c1-13-5-4-6-14(11-13)15-12-16(15)18(23)20-17-7-10-22(21-17)9-3-2-8-19/h4-7,10-11,15-16H,2-3,9,12H2,1H3,(H,20,21,23)/t15-,16+/m1/s1. The third-order valence-corrected chi connectivity index (χ3v) is 4.17. The highest BCUT2D eigenvalue weighted by molar-refractivity contribution is 5.94. The fourth-order valence-corrected chi connectivity index (χ4v) is 2.85. The van der Waals surface area contributed by atoms with Crippen LogP contribution < -0.4 is 5.32 Å². The number of hydrogen-bond donors (Lipinski definition) is 1. The highest BCUT2D eigenvalue weighted by atomic mass is 16.2. The van der Waals surface area contributed by atoms with Crippen molar-refractivity contribution in [3.63, 3.8) is 0 Å². The number of nitrogens with one attached hydrogen (secondary N) is 1. The Kier molecular flexibility index (Phi) is 4.42. The highest BCUT2D eigenvalue weighted by Crippen LogP contribution is 2.48. The molecule has 3 rings (SSSR count). The molecule has 1 aliphatic carbocycles. The van der Waals surface area contributed by atoms with Gasteiger partial charge in [0.25, 0.3) is 0 Å². The molecule has 1 heterocycles. The molecular formula is C18H20N4O. The van der Waals surface area contributed by atoms with Gasteiger partial charge in [-0.05, 0) is 31.2 Å². The lowest BCUT2D eigenvalue weighted by Crippen LogP contribution is -2.15. The summed E-state index contributed by atoms with van der Waals surface area (Å²) < 4.78 is 1.76. The van der Waals surface area contributed by atoms with Gasteiger partial charge in [-0.2, -0.15) is 10.4 Å². The van der Waals surface area contributed by atoms with Gasteiger partial charge in [0.2, 0.25) is 5.91 Å². The molecule has 2 aromatic rings. The average Bonchev–Trinajstić information content (AvgIpc) is 3.23. The SMILES string of the molecule is Cc1cccc([C@H]2C[C@@H]2C(=O)Nc2ccn(CCCC#N)n2)c1. The molecule has 1 amide bonds. The molecule has 1 aliphatic rings. The fourth-order valence-electron chi connectivity index (χ4n) is 2.85. The van der Waals surface area contributed by atoms with Gasteiger partial charge in [-0.3, -0.25) is 9.48 Å². The minimum atomic E-state index is 0.0405. The summed E-state index contributed by atoms with van der Waals surface area (Å²) in [6, 6.07) is 12.3. The molecule has 1 fully saturated rings. The van der Waals surface area contributed by atoms with Gasteiger partial charge < -0.3 is 5.32 Å². The van der Waals surface area contributed by atoms with Crippen LogP contribution in [0.2, 0.25) is 0 Å². The molecule has 2 atom stereocenters. The van der Waals surface area contributed by atoms with Gasteiger partial charge in [0.05, 0.1) is 6.07 Å². The summed E-state index contributed by atoms with van der Waals surface area (Å²) in [6.07, 6.45) is 4.02. The van der Waals surface area contributed by atoms with E-state index < -0.39 is 0 Å². The van der Waals surface area contributed by atoms with E-state index in [9.17, 15) is 4.79 Å². The first-order valence-electron chi connectivity index (χ1n) is 7.95. The molecule has 1 saturated carbocycles. The Morgan fingerprint density at radius 3 is 3.13 bits per heavy atom. The Balaban J connectivity index is 1.53. The zero-order chi connectivity index (χ0) is 16.2. The Morgan fingerprint density at radius 2 is 2.35 bits per heavy atom. The van der Waals surface area contributed by atoms with Crippen LogP contribution in [-0.2, 0) is 11.3 Å². The molecule has 1 aromatic carbocycles. The quantitative estimate of drug-likeness (QED) is 0.833. The Labute approximate surface area is 135 Å².